The summed E-state index contributed by atoms with van der Waals surface area (Å²) < 4.78 is 12.6. The Hall–Kier alpha value is 0.491. The van der Waals surface area contributed by atoms with Gasteiger partial charge in [-0.25, -0.2) is 0 Å². The lowest BCUT2D eigenvalue weighted by molar-refractivity contribution is 0.388. The molecule has 0 fully saturated rings. The van der Waals surface area contributed by atoms with Gasteiger partial charge in [-0.3, -0.25) is 0 Å². The van der Waals surface area contributed by atoms with E-state index in [9.17, 15) is 0 Å². The van der Waals surface area contributed by atoms with Gasteiger partial charge >= 0.3 is 8.56 Å². The normalized spacial score (nSPS) is 14.1. The van der Waals surface area contributed by atoms with E-state index in [0.717, 1.165) is 12.1 Å². The molecule has 0 spiro atoms. The van der Waals surface area contributed by atoms with Crippen LogP contribution >= 0.6 is 0 Å². The molecule has 4 nitrogen and oxygen atoms in total. The van der Waals surface area contributed by atoms with Gasteiger partial charge in [-0.15, -0.1) is 0 Å². The van der Waals surface area contributed by atoms with Crippen LogP contribution in [0.1, 0.15) is 0 Å². The van der Waals surface area contributed by atoms with E-state index in [2.05, 4.69) is 39.3 Å². The van der Waals surface area contributed by atoms with Crippen LogP contribution in [0.15, 0.2) is 0 Å². The third kappa shape index (κ3) is 8.25. The molecule has 0 saturated carbocycles. The predicted molar refractivity (Wildman–Crippen MR) is 82.3 cm³/mol. The molecular weight excluding hydrogens is 264 g/mol. The van der Waals surface area contributed by atoms with Crippen molar-refractivity contribution in [2.45, 2.75) is 51.4 Å². The van der Waals surface area contributed by atoms with Gasteiger partial charge < -0.3 is 19.7 Å². The standard InChI is InChI=1S/C10H30N2O2Si3/c1-15(2,9-7-11)13-17(5,6)14-16(3,4)10-8-12/h7-12H2,1-6H3. The average Bonchev–Trinajstić information content (AvgIpc) is 1.96. The van der Waals surface area contributed by atoms with E-state index in [4.69, 9.17) is 19.7 Å². The maximum Gasteiger partial charge on any atom is 0.311 e. The van der Waals surface area contributed by atoms with Gasteiger partial charge in [0.1, 0.15) is 0 Å². The summed E-state index contributed by atoms with van der Waals surface area (Å²) in [5, 5.41) is 0. The molecule has 0 aromatic rings. The lowest BCUT2D eigenvalue weighted by Gasteiger charge is -2.38. The molecule has 0 amide bonds. The monoisotopic (exact) mass is 294 g/mol. The highest BCUT2D eigenvalue weighted by Crippen LogP contribution is 2.23. The molecule has 0 saturated heterocycles. The molecule has 0 bridgehead atoms. The van der Waals surface area contributed by atoms with Crippen LogP contribution in [0.2, 0.25) is 51.4 Å². The first-order valence-corrected chi connectivity index (χ1v) is 15.4. The van der Waals surface area contributed by atoms with Crippen LogP contribution in [0.4, 0.5) is 0 Å². The van der Waals surface area contributed by atoms with Crippen LogP contribution in [-0.4, -0.2) is 38.3 Å². The third-order valence-corrected chi connectivity index (χ3v) is 13.9. The molecule has 0 aromatic carbocycles. The summed E-state index contributed by atoms with van der Waals surface area (Å²) >= 11 is 0. The van der Waals surface area contributed by atoms with Crippen molar-refractivity contribution in [2.24, 2.45) is 11.5 Å². The molecule has 0 radical (unpaired) electrons. The molecule has 7 heteroatoms. The molecule has 0 aliphatic rings. The van der Waals surface area contributed by atoms with Crippen LogP contribution in [0, 0.1) is 0 Å². The minimum Gasteiger partial charge on any atom is -0.436 e. The van der Waals surface area contributed by atoms with E-state index >= 15 is 0 Å². The zero-order valence-corrected chi connectivity index (χ0v) is 15.3. The zero-order valence-electron chi connectivity index (χ0n) is 12.3. The first-order chi connectivity index (χ1) is 7.54. The minimum atomic E-state index is -2.04. The molecule has 0 unspecified atom stereocenters. The summed E-state index contributed by atoms with van der Waals surface area (Å²) in [5.41, 5.74) is 11.3. The zero-order chi connectivity index (χ0) is 13.7. The summed E-state index contributed by atoms with van der Waals surface area (Å²) in [6, 6.07) is 1.98. The fraction of sp³-hybridized carbons (Fsp3) is 1.00. The highest BCUT2D eigenvalue weighted by atomic mass is 28.5. The van der Waals surface area contributed by atoms with Crippen molar-refractivity contribution < 1.29 is 8.23 Å². The molecule has 17 heavy (non-hydrogen) atoms. The number of hydrogen-bond donors (Lipinski definition) is 2. The highest BCUT2D eigenvalue weighted by molar-refractivity contribution is 6.87. The van der Waals surface area contributed by atoms with Crippen molar-refractivity contribution in [3.05, 3.63) is 0 Å². The van der Waals surface area contributed by atoms with Gasteiger partial charge in [-0.1, -0.05) is 0 Å². The Balaban J connectivity index is 4.47. The molecule has 0 aliphatic carbocycles. The van der Waals surface area contributed by atoms with Gasteiger partial charge in [-0.2, -0.15) is 0 Å². The van der Waals surface area contributed by atoms with Crippen LogP contribution < -0.4 is 11.5 Å². The maximum atomic E-state index is 6.32. The second kappa shape index (κ2) is 6.60. The van der Waals surface area contributed by atoms with Crippen LogP contribution in [0.5, 0.6) is 0 Å². The highest BCUT2D eigenvalue weighted by Gasteiger charge is 2.38. The smallest absolute Gasteiger partial charge is 0.311 e. The van der Waals surface area contributed by atoms with Crippen LogP contribution in [0.25, 0.3) is 0 Å². The molecular formula is C10H30N2O2Si3. The Kier molecular flexibility index (Phi) is 6.79. The van der Waals surface area contributed by atoms with Gasteiger partial charge in [0, 0.05) is 0 Å². The summed E-state index contributed by atoms with van der Waals surface area (Å²) in [7, 11) is -5.35. The van der Waals surface area contributed by atoms with Crippen molar-refractivity contribution in [1.82, 2.24) is 0 Å². The Morgan fingerprint density at radius 1 is 0.706 bits per heavy atom. The Labute approximate surface area is 110 Å². The quantitative estimate of drug-likeness (QED) is 0.672. The maximum absolute atomic E-state index is 6.32. The van der Waals surface area contributed by atoms with Crippen molar-refractivity contribution in [3.63, 3.8) is 0 Å². The second-order valence-electron chi connectivity index (χ2n) is 6.20. The van der Waals surface area contributed by atoms with Gasteiger partial charge in [0.05, 0.1) is 0 Å². The van der Waals surface area contributed by atoms with Crippen LogP contribution in [0.3, 0.4) is 0 Å². The second-order valence-corrected chi connectivity index (χ2v) is 18.7. The van der Waals surface area contributed by atoms with E-state index in [1.54, 1.807) is 0 Å². The molecule has 104 valence electrons. The molecule has 4 N–H and O–H groups in total. The first kappa shape index (κ1) is 17.5. The molecule has 0 heterocycles. The van der Waals surface area contributed by atoms with Crippen molar-refractivity contribution >= 4 is 25.2 Å². The summed E-state index contributed by atoms with van der Waals surface area (Å²) in [6.45, 7) is 14.6. The van der Waals surface area contributed by atoms with Crippen molar-refractivity contribution in [1.29, 1.82) is 0 Å². The lowest BCUT2D eigenvalue weighted by atomic mass is 10.8. The SMILES string of the molecule is C[Si](C)(CCN)O[Si](C)(C)O[Si](C)(C)CCN. The largest absolute Gasteiger partial charge is 0.436 e. The topological polar surface area (TPSA) is 70.5 Å². The van der Waals surface area contributed by atoms with Crippen LogP contribution in [-0.2, 0) is 8.23 Å². The van der Waals surface area contributed by atoms with Gasteiger partial charge in [0.2, 0.25) is 0 Å². The average molecular weight is 295 g/mol. The number of hydrogen-bond acceptors (Lipinski definition) is 4. The van der Waals surface area contributed by atoms with E-state index in [0.29, 0.717) is 13.1 Å². The number of rotatable bonds is 8. The summed E-state index contributed by atoms with van der Waals surface area (Å²) in [6.07, 6.45) is 0. The lowest BCUT2D eigenvalue weighted by Crippen LogP contribution is -2.53. The Morgan fingerprint density at radius 2 is 1.00 bits per heavy atom. The molecule has 0 atom stereocenters. The van der Waals surface area contributed by atoms with Crippen molar-refractivity contribution in [3.8, 4) is 0 Å². The fourth-order valence-corrected chi connectivity index (χ4v) is 15.5. The first-order valence-electron chi connectivity index (χ1n) is 6.34. The summed E-state index contributed by atoms with van der Waals surface area (Å²) in [4.78, 5) is 0. The van der Waals surface area contributed by atoms with Gasteiger partial charge in [0.15, 0.2) is 16.6 Å². The Bertz CT molecular complexity index is 214. The fourth-order valence-electron chi connectivity index (χ4n) is 2.15. The van der Waals surface area contributed by atoms with Crippen molar-refractivity contribution in [2.75, 3.05) is 13.1 Å². The number of nitrogens with two attached hydrogens (primary N) is 2. The molecule has 0 rings (SSSR count). The predicted octanol–water partition coefficient (Wildman–Crippen LogP) is 2.05. The minimum absolute atomic E-state index is 0.702. The molecule has 0 aromatic heterocycles. The van der Waals surface area contributed by atoms with E-state index < -0.39 is 25.2 Å². The third-order valence-electron chi connectivity index (χ3n) is 2.54. The van der Waals surface area contributed by atoms with Gasteiger partial charge in [0.25, 0.3) is 0 Å². The van der Waals surface area contributed by atoms with Gasteiger partial charge in [-0.05, 0) is 64.5 Å². The summed E-state index contributed by atoms with van der Waals surface area (Å²) in [5.74, 6) is 0. The van der Waals surface area contributed by atoms with E-state index in [1.165, 1.54) is 0 Å². The Morgan fingerprint density at radius 3 is 1.24 bits per heavy atom. The molecule has 0 aliphatic heterocycles. The van der Waals surface area contributed by atoms with E-state index in [1.807, 2.05) is 0 Å². The van der Waals surface area contributed by atoms with E-state index in [-0.39, 0.29) is 0 Å².